The number of aromatic nitrogens is 3. The number of nitrogens with zero attached hydrogens (tertiary/aromatic N) is 5. The average Bonchev–Trinajstić information content (AvgIpc) is 3.64. The standard InChI is InChI=1S/C27H24ClN5O2/c28-23-15-24(18-4-2-1-3-5-18)30-25-14-19(6-9-22(23)25)26(34)31-10-12-32(13-11-31)27(35)20-16-29-33(17-20)21-7-8-21/h1-6,9,14-17,21H,7-8,10-13H2. The Balaban J connectivity index is 1.17. The largest absolute Gasteiger partial charge is 0.335 e. The third kappa shape index (κ3) is 4.28. The van der Waals surface area contributed by atoms with Crippen molar-refractivity contribution in [1.82, 2.24) is 24.6 Å². The summed E-state index contributed by atoms with van der Waals surface area (Å²) in [5.74, 6) is -0.0921. The van der Waals surface area contributed by atoms with E-state index in [1.807, 2.05) is 53.3 Å². The van der Waals surface area contributed by atoms with Gasteiger partial charge in [-0.2, -0.15) is 5.10 Å². The molecule has 8 heteroatoms. The fourth-order valence-electron chi connectivity index (χ4n) is 4.54. The second-order valence-corrected chi connectivity index (χ2v) is 9.52. The van der Waals surface area contributed by atoms with Crippen molar-refractivity contribution < 1.29 is 9.59 Å². The minimum absolute atomic E-state index is 0.0259. The Kier molecular flexibility index (Phi) is 5.49. The molecule has 7 nitrogen and oxygen atoms in total. The molecule has 2 amide bonds. The summed E-state index contributed by atoms with van der Waals surface area (Å²) in [6.45, 7) is 1.96. The summed E-state index contributed by atoms with van der Waals surface area (Å²) in [7, 11) is 0. The molecule has 1 aliphatic carbocycles. The summed E-state index contributed by atoms with van der Waals surface area (Å²) in [4.78, 5) is 34.5. The fraction of sp³-hybridized carbons (Fsp3) is 0.259. The van der Waals surface area contributed by atoms with E-state index in [0.29, 0.717) is 53.9 Å². The number of benzene rings is 2. The smallest absolute Gasteiger partial charge is 0.257 e. The zero-order chi connectivity index (χ0) is 23.9. The van der Waals surface area contributed by atoms with E-state index in [4.69, 9.17) is 16.6 Å². The van der Waals surface area contributed by atoms with Crippen LogP contribution >= 0.6 is 11.6 Å². The van der Waals surface area contributed by atoms with Gasteiger partial charge < -0.3 is 9.80 Å². The van der Waals surface area contributed by atoms with E-state index in [-0.39, 0.29) is 11.8 Å². The molecule has 2 aromatic heterocycles. The summed E-state index contributed by atoms with van der Waals surface area (Å²) >= 11 is 6.53. The lowest BCUT2D eigenvalue weighted by Crippen LogP contribution is -2.50. The van der Waals surface area contributed by atoms with Crippen LogP contribution in [0.4, 0.5) is 0 Å². The van der Waals surface area contributed by atoms with Crippen molar-refractivity contribution in [2.75, 3.05) is 26.2 Å². The van der Waals surface area contributed by atoms with Crippen molar-refractivity contribution >= 4 is 34.3 Å². The van der Waals surface area contributed by atoms with Crippen LogP contribution in [0.15, 0.2) is 67.0 Å². The Morgan fingerprint density at radius 2 is 1.54 bits per heavy atom. The van der Waals surface area contributed by atoms with Gasteiger partial charge in [0.2, 0.25) is 0 Å². The van der Waals surface area contributed by atoms with Crippen LogP contribution in [0.1, 0.15) is 39.6 Å². The summed E-state index contributed by atoms with van der Waals surface area (Å²) in [6, 6.07) is 17.6. The molecule has 0 spiro atoms. The van der Waals surface area contributed by atoms with Gasteiger partial charge in [0, 0.05) is 48.9 Å². The number of piperazine rings is 1. The lowest BCUT2D eigenvalue weighted by molar-refractivity contribution is 0.0535. The first-order valence-corrected chi connectivity index (χ1v) is 12.2. The van der Waals surface area contributed by atoms with Crippen molar-refractivity contribution in [3.63, 3.8) is 0 Å². The van der Waals surface area contributed by atoms with E-state index in [1.54, 1.807) is 28.1 Å². The third-order valence-corrected chi connectivity index (χ3v) is 7.01. The Morgan fingerprint density at radius 3 is 2.23 bits per heavy atom. The number of carbonyl (C=O) groups is 2. The van der Waals surface area contributed by atoms with Crippen LogP contribution in [0, 0.1) is 0 Å². The van der Waals surface area contributed by atoms with Crippen molar-refractivity contribution in [3.05, 3.63) is 83.1 Å². The van der Waals surface area contributed by atoms with Crippen molar-refractivity contribution in [2.24, 2.45) is 0 Å². The average molecular weight is 486 g/mol. The van der Waals surface area contributed by atoms with E-state index in [2.05, 4.69) is 5.10 Å². The van der Waals surface area contributed by atoms with E-state index in [1.165, 1.54) is 0 Å². The Morgan fingerprint density at radius 1 is 0.857 bits per heavy atom. The highest BCUT2D eigenvalue weighted by Gasteiger charge is 2.29. The minimum atomic E-state index is -0.0661. The van der Waals surface area contributed by atoms with E-state index in [9.17, 15) is 9.59 Å². The quantitative estimate of drug-likeness (QED) is 0.420. The molecule has 176 valence electrons. The molecule has 2 aromatic carbocycles. The van der Waals surface area contributed by atoms with Gasteiger partial charge in [0.15, 0.2) is 0 Å². The third-order valence-electron chi connectivity index (χ3n) is 6.70. The molecule has 0 N–H and O–H groups in total. The number of fused-ring (bicyclic) bond motifs is 1. The van der Waals surface area contributed by atoms with Gasteiger partial charge in [-0.3, -0.25) is 14.3 Å². The monoisotopic (exact) mass is 485 g/mol. The molecule has 1 saturated heterocycles. The Hall–Kier alpha value is -3.71. The predicted molar refractivity (Wildman–Crippen MR) is 134 cm³/mol. The van der Waals surface area contributed by atoms with E-state index in [0.717, 1.165) is 29.5 Å². The SMILES string of the molecule is O=C(c1ccc2c(Cl)cc(-c3ccccc3)nc2c1)N1CCN(C(=O)c2cnn(C3CC3)c2)CC1. The molecular weight excluding hydrogens is 462 g/mol. The molecule has 35 heavy (non-hydrogen) atoms. The second-order valence-electron chi connectivity index (χ2n) is 9.11. The predicted octanol–water partition coefficient (Wildman–Crippen LogP) is 4.68. The number of halogens is 1. The number of carbonyl (C=O) groups excluding carboxylic acids is 2. The molecule has 0 bridgehead atoms. The lowest BCUT2D eigenvalue weighted by Gasteiger charge is -2.34. The number of hydrogen-bond acceptors (Lipinski definition) is 4. The normalized spacial score (nSPS) is 16.0. The van der Waals surface area contributed by atoms with Gasteiger partial charge in [0.25, 0.3) is 11.8 Å². The fourth-order valence-corrected chi connectivity index (χ4v) is 4.80. The zero-order valence-corrected chi connectivity index (χ0v) is 19.9. The van der Waals surface area contributed by atoms with Crippen LogP contribution in [-0.2, 0) is 0 Å². The lowest BCUT2D eigenvalue weighted by atomic mass is 10.1. The van der Waals surface area contributed by atoms with Gasteiger partial charge in [0.05, 0.1) is 34.0 Å². The number of pyridine rings is 1. The Labute approximate surface area is 207 Å². The molecule has 2 fully saturated rings. The van der Waals surface area contributed by atoms with Crippen LogP contribution in [0.25, 0.3) is 22.2 Å². The topological polar surface area (TPSA) is 71.3 Å². The maximum Gasteiger partial charge on any atom is 0.257 e. The van der Waals surface area contributed by atoms with Gasteiger partial charge in [0.1, 0.15) is 0 Å². The van der Waals surface area contributed by atoms with Gasteiger partial charge in [-0.15, -0.1) is 0 Å². The highest BCUT2D eigenvalue weighted by Crippen LogP contribution is 2.34. The van der Waals surface area contributed by atoms with E-state index >= 15 is 0 Å². The van der Waals surface area contributed by atoms with E-state index < -0.39 is 0 Å². The maximum atomic E-state index is 13.3. The molecule has 1 saturated carbocycles. The summed E-state index contributed by atoms with van der Waals surface area (Å²) in [6.07, 6.45) is 5.74. The highest BCUT2D eigenvalue weighted by molar-refractivity contribution is 6.35. The summed E-state index contributed by atoms with van der Waals surface area (Å²) in [5, 5.41) is 5.73. The zero-order valence-electron chi connectivity index (χ0n) is 19.1. The van der Waals surface area contributed by atoms with Gasteiger partial charge in [-0.1, -0.05) is 48.0 Å². The van der Waals surface area contributed by atoms with Crippen LogP contribution < -0.4 is 0 Å². The molecule has 0 unspecified atom stereocenters. The molecule has 1 aliphatic heterocycles. The van der Waals surface area contributed by atoms with Crippen LogP contribution in [0.5, 0.6) is 0 Å². The molecule has 4 aromatic rings. The molecule has 6 rings (SSSR count). The van der Waals surface area contributed by atoms with Gasteiger partial charge >= 0.3 is 0 Å². The molecule has 2 aliphatic rings. The molecular formula is C27H24ClN5O2. The minimum Gasteiger partial charge on any atom is -0.335 e. The summed E-state index contributed by atoms with van der Waals surface area (Å²) in [5.41, 5.74) is 3.60. The summed E-state index contributed by atoms with van der Waals surface area (Å²) < 4.78 is 1.89. The van der Waals surface area contributed by atoms with Crippen molar-refractivity contribution in [3.8, 4) is 11.3 Å². The van der Waals surface area contributed by atoms with Crippen molar-refractivity contribution in [1.29, 1.82) is 0 Å². The molecule has 0 atom stereocenters. The molecule has 0 radical (unpaired) electrons. The van der Waals surface area contributed by atoms with Crippen LogP contribution in [0.2, 0.25) is 5.02 Å². The van der Waals surface area contributed by atoms with Gasteiger partial charge in [-0.05, 0) is 31.0 Å². The maximum absolute atomic E-state index is 13.3. The van der Waals surface area contributed by atoms with Gasteiger partial charge in [-0.25, -0.2) is 4.98 Å². The Bertz CT molecular complexity index is 1420. The van der Waals surface area contributed by atoms with Crippen LogP contribution in [0.3, 0.4) is 0 Å². The molecule has 3 heterocycles. The van der Waals surface area contributed by atoms with Crippen LogP contribution in [-0.4, -0.2) is 62.6 Å². The number of amides is 2. The second kappa shape index (κ2) is 8.82. The first-order chi connectivity index (χ1) is 17.1. The first kappa shape index (κ1) is 21.8. The number of hydrogen-bond donors (Lipinski definition) is 0. The first-order valence-electron chi connectivity index (χ1n) is 11.9. The van der Waals surface area contributed by atoms with Crippen molar-refractivity contribution in [2.45, 2.75) is 18.9 Å². The highest BCUT2D eigenvalue weighted by atomic mass is 35.5. The number of rotatable bonds is 4.